The molecule has 1 N–H and O–H groups in total. The SMILES string of the molecule is CCOc1ccccc1N(C(=O)Nc1ccc(Cl)cc1)C1=N[C@@H](C)CS1. The van der Waals surface area contributed by atoms with Crippen LogP contribution in [-0.4, -0.2) is 29.6 Å². The van der Waals surface area contributed by atoms with Gasteiger partial charge in [0.05, 0.1) is 18.3 Å². The normalized spacial score (nSPS) is 16.1. The van der Waals surface area contributed by atoms with Gasteiger partial charge in [0.1, 0.15) is 5.75 Å². The third-order valence-electron chi connectivity index (χ3n) is 3.68. The molecule has 0 fully saturated rings. The second-order valence-corrected chi connectivity index (χ2v) is 7.17. The van der Waals surface area contributed by atoms with Gasteiger partial charge in [0.15, 0.2) is 5.17 Å². The summed E-state index contributed by atoms with van der Waals surface area (Å²) in [6, 6.07) is 14.3. The van der Waals surface area contributed by atoms with E-state index in [9.17, 15) is 4.79 Å². The van der Waals surface area contributed by atoms with Crippen molar-refractivity contribution in [3.8, 4) is 5.75 Å². The van der Waals surface area contributed by atoms with Crippen LogP contribution in [0.1, 0.15) is 13.8 Å². The Morgan fingerprint density at radius 3 is 2.69 bits per heavy atom. The third kappa shape index (κ3) is 4.31. The lowest BCUT2D eigenvalue weighted by atomic mass is 10.2. The number of para-hydroxylation sites is 2. The van der Waals surface area contributed by atoms with Gasteiger partial charge in [-0.05, 0) is 50.2 Å². The number of hydrogen-bond donors (Lipinski definition) is 1. The molecule has 0 saturated carbocycles. The molecule has 0 bridgehead atoms. The summed E-state index contributed by atoms with van der Waals surface area (Å²) < 4.78 is 5.72. The standard InChI is InChI=1S/C19H20ClN3O2S/c1-3-25-17-7-5-4-6-16(17)23(19-21-13(2)12-26-19)18(24)22-15-10-8-14(20)9-11-15/h4-11,13H,3,12H2,1-2H3,(H,22,24)/t13-/m0/s1. The van der Waals surface area contributed by atoms with E-state index in [0.717, 1.165) is 5.75 Å². The first-order valence-electron chi connectivity index (χ1n) is 8.37. The monoisotopic (exact) mass is 389 g/mol. The minimum Gasteiger partial charge on any atom is -0.492 e. The van der Waals surface area contributed by atoms with Gasteiger partial charge in [0, 0.05) is 16.5 Å². The topological polar surface area (TPSA) is 53.9 Å². The van der Waals surface area contributed by atoms with Crippen molar-refractivity contribution < 1.29 is 9.53 Å². The number of amidine groups is 1. The lowest BCUT2D eigenvalue weighted by Gasteiger charge is -2.24. The highest BCUT2D eigenvalue weighted by molar-refractivity contribution is 8.14. The molecule has 1 atom stereocenters. The van der Waals surface area contributed by atoms with E-state index in [0.29, 0.717) is 33.9 Å². The highest BCUT2D eigenvalue weighted by atomic mass is 35.5. The van der Waals surface area contributed by atoms with Gasteiger partial charge in [-0.15, -0.1) is 0 Å². The number of carbonyl (C=O) groups is 1. The van der Waals surface area contributed by atoms with Gasteiger partial charge in [0.2, 0.25) is 0 Å². The zero-order valence-electron chi connectivity index (χ0n) is 14.6. The molecule has 0 spiro atoms. The summed E-state index contributed by atoms with van der Waals surface area (Å²) in [6.45, 7) is 4.46. The van der Waals surface area contributed by atoms with Crippen LogP contribution >= 0.6 is 23.4 Å². The Labute approximate surface area is 162 Å². The van der Waals surface area contributed by atoms with Crippen molar-refractivity contribution in [3.05, 3.63) is 53.6 Å². The predicted octanol–water partition coefficient (Wildman–Crippen LogP) is 5.27. The van der Waals surface area contributed by atoms with Crippen LogP contribution in [0.3, 0.4) is 0 Å². The molecular formula is C19H20ClN3O2S. The highest BCUT2D eigenvalue weighted by Crippen LogP contribution is 2.33. The van der Waals surface area contributed by atoms with Crippen LogP contribution < -0.4 is 15.0 Å². The Morgan fingerprint density at radius 1 is 1.31 bits per heavy atom. The fourth-order valence-electron chi connectivity index (χ4n) is 2.51. The van der Waals surface area contributed by atoms with E-state index >= 15 is 0 Å². The number of nitrogens with one attached hydrogen (secondary N) is 1. The van der Waals surface area contributed by atoms with Gasteiger partial charge in [-0.3, -0.25) is 4.99 Å². The molecule has 5 nitrogen and oxygen atoms in total. The number of amides is 2. The molecular weight excluding hydrogens is 370 g/mol. The van der Waals surface area contributed by atoms with Crippen LogP contribution in [0.15, 0.2) is 53.5 Å². The summed E-state index contributed by atoms with van der Waals surface area (Å²) >= 11 is 7.48. The van der Waals surface area contributed by atoms with Gasteiger partial charge in [-0.2, -0.15) is 0 Å². The predicted molar refractivity (Wildman–Crippen MR) is 110 cm³/mol. The Bertz CT molecular complexity index is 811. The molecule has 0 saturated heterocycles. The lowest BCUT2D eigenvalue weighted by Crippen LogP contribution is -2.38. The van der Waals surface area contributed by atoms with Crippen molar-refractivity contribution in [1.82, 2.24) is 0 Å². The second-order valence-electron chi connectivity index (χ2n) is 5.74. The summed E-state index contributed by atoms with van der Waals surface area (Å²) in [5.41, 5.74) is 1.33. The summed E-state index contributed by atoms with van der Waals surface area (Å²) in [4.78, 5) is 19.3. The van der Waals surface area contributed by atoms with E-state index in [-0.39, 0.29) is 12.1 Å². The highest BCUT2D eigenvalue weighted by Gasteiger charge is 2.29. The van der Waals surface area contributed by atoms with Crippen LogP contribution in [-0.2, 0) is 0 Å². The number of rotatable bonds is 4. The Morgan fingerprint density at radius 2 is 2.04 bits per heavy atom. The molecule has 1 aliphatic rings. The Hall–Kier alpha value is -2.18. The van der Waals surface area contributed by atoms with Crippen LogP contribution in [0.5, 0.6) is 5.75 Å². The number of hydrogen-bond acceptors (Lipinski definition) is 4. The van der Waals surface area contributed by atoms with Crippen LogP contribution in [0.25, 0.3) is 0 Å². The van der Waals surface area contributed by atoms with E-state index in [1.165, 1.54) is 0 Å². The maximum atomic E-state index is 13.1. The maximum absolute atomic E-state index is 13.1. The van der Waals surface area contributed by atoms with E-state index in [1.54, 1.807) is 40.9 Å². The third-order valence-corrected chi connectivity index (χ3v) is 5.13. The van der Waals surface area contributed by atoms with Crippen LogP contribution in [0, 0.1) is 0 Å². The molecule has 26 heavy (non-hydrogen) atoms. The second kappa shape index (κ2) is 8.47. The first kappa shape index (κ1) is 18.6. The van der Waals surface area contributed by atoms with E-state index < -0.39 is 0 Å². The van der Waals surface area contributed by atoms with Gasteiger partial charge in [-0.1, -0.05) is 35.5 Å². The van der Waals surface area contributed by atoms with Gasteiger partial charge < -0.3 is 10.1 Å². The first-order chi connectivity index (χ1) is 12.6. The summed E-state index contributed by atoms with van der Waals surface area (Å²) in [6.07, 6.45) is 0. The molecule has 2 amide bonds. The molecule has 0 aromatic heterocycles. The number of benzene rings is 2. The van der Waals surface area contributed by atoms with Crippen LogP contribution in [0.2, 0.25) is 5.02 Å². The molecule has 1 aliphatic heterocycles. The summed E-state index contributed by atoms with van der Waals surface area (Å²) in [7, 11) is 0. The minimum absolute atomic E-state index is 0.167. The Balaban J connectivity index is 1.95. The number of aliphatic imine (C=N–C) groups is 1. The van der Waals surface area contributed by atoms with E-state index in [4.69, 9.17) is 16.3 Å². The Kier molecular flexibility index (Phi) is 6.06. The molecule has 0 aliphatic carbocycles. The molecule has 7 heteroatoms. The summed E-state index contributed by atoms with van der Waals surface area (Å²) in [5.74, 6) is 1.49. The fraction of sp³-hybridized carbons (Fsp3) is 0.263. The smallest absolute Gasteiger partial charge is 0.332 e. The number of ether oxygens (including phenoxy) is 1. The fourth-order valence-corrected chi connectivity index (χ4v) is 3.67. The zero-order valence-corrected chi connectivity index (χ0v) is 16.2. The van der Waals surface area contributed by atoms with Gasteiger partial charge >= 0.3 is 6.03 Å². The number of anilines is 2. The molecule has 136 valence electrons. The van der Waals surface area contributed by atoms with Crippen molar-refractivity contribution in [2.75, 3.05) is 22.6 Å². The first-order valence-corrected chi connectivity index (χ1v) is 9.74. The molecule has 1 heterocycles. The minimum atomic E-state index is -0.292. The van der Waals surface area contributed by atoms with Crippen LogP contribution in [0.4, 0.5) is 16.2 Å². The van der Waals surface area contributed by atoms with Crippen molar-refractivity contribution in [3.63, 3.8) is 0 Å². The maximum Gasteiger partial charge on any atom is 0.332 e. The molecule has 2 aromatic carbocycles. The van der Waals surface area contributed by atoms with Crippen molar-refractivity contribution >= 4 is 45.9 Å². The molecule has 3 rings (SSSR count). The molecule has 0 radical (unpaired) electrons. The average molecular weight is 390 g/mol. The average Bonchev–Trinajstić information content (AvgIpc) is 3.05. The van der Waals surface area contributed by atoms with Gasteiger partial charge in [0.25, 0.3) is 0 Å². The van der Waals surface area contributed by atoms with E-state index in [1.807, 2.05) is 38.1 Å². The van der Waals surface area contributed by atoms with Crippen molar-refractivity contribution in [1.29, 1.82) is 0 Å². The molecule has 0 unspecified atom stereocenters. The van der Waals surface area contributed by atoms with E-state index in [2.05, 4.69) is 10.3 Å². The number of nitrogens with zero attached hydrogens (tertiary/aromatic N) is 2. The zero-order chi connectivity index (χ0) is 18.5. The quantitative estimate of drug-likeness (QED) is 0.775. The number of halogens is 1. The van der Waals surface area contributed by atoms with Gasteiger partial charge in [-0.25, -0.2) is 9.69 Å². The molecule has 2 aromatic rings. The number of urea groups is 1. The lowest BCUT2D eigenvalue weighted by molar-refractivity contribution is 0.259. The van der Waals surface area contributed by atoms with Crippen molar-refractivity contribution in [2.24, 2.45) is 4.99 Å². The summed E-state index contributed by atoms with van der Waals surface area (Å²) in [5, 5.41) is 4.19. The van der Waals surface area contributed by atoms with Crippen molar-refractivity contribution in [2.45, 2.75) is 19.9 Å². The number of thioether (sulfide) groups is 1. The largest absolute Gasteiger partial charge is 0.492 e. The number of carbonyl (C=O) groups excluding carboxylic acids is 1.